The summed E-state index contributed by atoms with van der Waals surface area (Å²) in [5, 5.41) is 9.30. The zero-order valence-corrected chi connectivity index (χ0v) is 9.21. The third-order valence-electron chi connectivity index (χ3n) is 3.29. The molecule has 15 heavy (non-hydrogen) atoms. The van der Waals surface area contributed by atoms with Crippen molar-refractivity contribution in [3.8, 4) is 11.8 Å². The van der Waals surface area contributed by atoms with Crippen molar-refractivity contribution >= 4 is 0 Å². The Balaban J connectivity index is 2.50. The van der Waals surface area contributed by atoms with Crippen LogP contribution in [0.1, 0.15) is 30.4 Å². The molecule has 0 heterocycles. The summed E-state index contributed by atoms with van der Waals surface area (Å²) in [5.41, 5.74) is 1.98. The van der Waals surface area contributed by atoms with E-state index in [1.165, 1.54) is 5.56 Å². The third kappa shape index (κ3) is 1.48. The Hall–Kier alpha value is -1.49. The predicted molar refractivity (Wildman–Crippen MR) is 58.9 cm³/mol. The summed E-state index contributed by atoms with van der Waals surface area (Å²) in [6.45, 7) is 2.05. The van der Waals surface area contributed by atoms with Crippen LogP contribution in [0.25, 0.3) is 0 Å². The highest BCUT2D eigenvalue weighted by Gasteiger charge is 2.41. The molecule has 2 nitrogen and oxygen atoms in total. The van der Waals surface area contributed by atoms with Crippen molar-refractivity contribution in [2.45, 2.75) is 31.6 Å². The maximum atomic E-state index is 9.30. The average molecular weight is 201 g/mol. The van der Waals surface area contributed by atoms with Gasteiger partial charge in [0, 0.05) is 5.56 Å². The summed E-state index contributed by atoms with van der Waals surface area (Å²) in [6.07, 6.45) is 3.07. The van der Waals surface area contributed by atoms with Crippen LogP contribution in [-0.4, -0.2) is 7.11 Å². The lowest BCUT2D eigenvalue weighted by molar-refractivity contribution is 0.307. The van der Waals surface area contributed by atoms with Crippen LogP contribution in [0.3, 0.4) is 0 Å². The van der Waals surface area contributed by atoms with E-state index in [2.05, 4.69) is 12.1 Å². The maximum absolute atomic E-state index is 9.30. The van der Waals surface area contributed by atoms with Crippen LogP contribution in [-0.2, 0) is 5.41 Å². The first kappa shape index (κ1) is 10.0. The molecule has 0 unspecified atom stereocenters. The van der Waals surface area contributed by atoms with Crippen molar-refractivity contribution in [2.75, 3.05) is 7.11 Å². The molecule has 1 fully saturated rings. The number of aryl methyl sites for hydroxylation is 1. The van der Waals surface area contributed by atoms with E-state index >= 15 is 0 Å². The van der Waals surface area contributed by atoms with Crippen LogP contribution in [0.2, 0.25) is 0 Å². The molecule has 0 spiro atoms. The number of hydrogen-bond donors (Lipinski definition) is 0. The average Bonchev–Trinajstić information content (AvgIpc) is 2.17. The van der Waals surface area contributed by atoms with Crippen LogP contribution in [0.4, 0.5) is 0 Å². The minimum Gasteiger partial charge on any atom is -0.496 e. The summed E-state index contributed by atoms with van der Waals surface area (Å²) < 4.78 is 5.33. The van der Waals surface area contributed by atoms with Gasteiger partial charge in [0.05, 0.1) is 18.6 Å². The van der Waals surface area contributed by atoms with E-state index in [1.54, 1.807) is 7.11 Å². The van der Waals surface area contributed by atoms with Gasteiger partial charge in [-0.3, -0.25) is 0 Å². The van der Waals surface area contributed by atoms with E-state index in [9.17, 15) is 5.26 Å². The molecule has 0 amide bonds. The van der Waals surface area contributed by atoms with Crippen molar-refractivity contribution in [3.05, 3.63) is 29.3 Å². The maximum Gasteiger partial charge on any atom is 0.123 e. The van der Waals surface area contributed by atoms with Gasteiger partial charge < -0.3 is 4.74 Å². The lowest BCUT2D eigenvalue weighted by Gasteiger charge is -2.36. The molecule has 0 aromatic heterocycles. The van der Waals surface area contributed by atoms with Crippen molar-refractivity contribution in [1.82, 2.24) is 0 Å². The second kappa shape index (κ2) is 3.58. The quantitative estimate of drug-likeness (QED) is 0.737. The molecular weight excluding hydrogens is 186 g/mol. The fourth-order valence-corrected chi connectivity index (χ4v) is 2.17. The second-order valence-electron chi connectivity index (χ2n) is 4.25. The molecule has 78 valence electrons. The third-order valence-corrected chi connectivity index (χ3v) is 3.29. The van der Waals surface area contributed by atoms with E-state index in [-0.39, 0.29) is 5.41 Å². The Morgan fingerprint density at radius 2 is 2.13 bits per heavy atom. The topological polar surface area (TPSA) is 33.0 Å². The van der Waals surface area contributed by atoms with E-state index in [4.69, 9.17) is 4.74 Å². The van der Waals surface area contributed by atoms with Gasteiger partial charge in [-0.05, 0) is 32.3 Å². The number of rotatable bonds is 2. The molecular formula is C13H15NO. The van der Waals surface area contributed by atoms with Crippen molar-refractivity contribution < 1.29 is 4.74 Å². The standard InChI is InChI=1S/C13H15NO/c1-10-4-5-12(15-2)11(8-10)13(9-14)6-3-7-13/h4-5,8H,3,6-7H2,1-2H3. The summed E-state index contributed by atoms with van der Waals surface area (Å²) >= 11 is 0. The lowest BCUT2D eigenvalue weighted by atomic mass is 9.65. The number of nitriles is 1. The van der Waals surface area contributed by atoms with E-state index in [1.807, 2.05) is 19.1 Å². The van der Waals surface area contributed by atoms with Gasteiger partial charge in [0.25, 0.3) is 0 Å². The summed E-state index contributed by atoms with van der Waals surface area (Å²) in [5.74, 6) is 0.849. The molecule has 1 aliphatic carbocycles. The zero-order chi connectivity index (χ0) is 10.9. The Morgan fingerprint density at radius 3 is 2.60 bits per heavy atom. The summed E-state index contributed by atoms with van der Waals surface area (Å²) in [6, 6.07) is 8.52. The van der Waals surface area contributed by atoms with Crippen LogP contribution in [0.15, 0.2) is 18.2 Å². The van der Waals surface area contributed by atoms with Crippen LogP contribution in [0, 0.1) is 18.3 Å². The second-order valence-corrected chi connectivity index (χ2v) is 4.25. The smallest absolute Gasteiger partial charge is 0.123 e. The van der Waals surface area contributed by atoms with Gasteiger partial charge >= 0.3 is 0 Å². The van der Waals surface area contributed by atoms with Gasteiger partial charge in [-0.25, -0.2) is 0 Å². The van der Waals surface area contributed by atoms with Crippen molar-refractivity contribution in [2.24, 2.45) is 0 Å². The first-order chi connectivity index (χ1) is 7.22. The van der Waals surface area contributed by atoms with Crippen LogP contribution >= 0.6 is 0 Å². The monoisotopic (exact) mass is 201 g/mol. The largest absolute Gasteiger partial charge is 0.496 e. The Kier molecular flexibility index (Phi) is 2.40. The fraction of sp³-hybridized carbons (Fsp3) is 0.462. The summed E-state index contributed by atoms with van der Waals surface area (Å²) in [4.78, 5) is 0. The van der Waals surface area contributed by atoms with E-state index in [0.717, 1.165) is 30.6 Å². The molecule has 0 saturated heterocycles. The minimum atomic E-state index is -0.280. The van der Waals surface area contributed by atoms with Gasteiger partial charge in [-0.1, -0.05) is 17.7 Å². The van der Waals surface area contributed by atoms with Crippen molar-refractivity contribution in [3.63, 3.8) is 0 Å². The Labute approximate surface area is 90.5 Å². The number of nitrogens with zero attached hydrogens (tertiary/aromatic N) is 1. The minimum absolute atomic E-state index is 0.280. The highest BCUT2D eigenvalue weighted by Crippen LogP contribution is 2.46. The molecule has 0 N–H and O–H groups in total. The highest BCUT2D eigenvalue weighted by molar-refractivity contribution is 5.47. The number of ether oxygens (including phenoxy) is 1. The molecule has 0 radical (unpaired) electrons. The number of benzene rings is 1. The number of methoxy groups -OCH3 is 1. The Morgan fingerprint density at radius 1 is 1.40 bits per heavy atom. The fourth-order valence-electron chi connectivity index (χ4n) is 2.17. The molecule has 1 aromatic rings. The highest BCUT2D eigenvalue weighted by atomic mass is 16.5. The molecule has 1 aliphatic rings. The lowest BCUT2D eigenvalue weighted by Crippen LogP contribution is -2.32. The molecule has 2 heteroatoms. The molecule has 2 rings (SSSR count). The van der Waals surface area contributed by atoms with Crippen LogP contribution < -0.4 is 4.74 Å². The van der Waals surface area contributed by atoms with Gasteiger partial charge in [0.15, 0.2) is 0 Å². The SMILES string of the molecule is COc1ccc(C)cc1C1(C#N)CCC1. The van der Waals surface area contributed by atoms with Gasteiger partial charge in [-0.15, -0.1) is 0 Å². The number of hydrogen-bond acceptors (Lipinski definition) is 2. The molecule has 0 atom stereocenters. The molecule has 1 saturated carbocycles. The van der Waals surface area contributed by atoms with Crippen molar-refractivity contribution in [1.29, 1.82) is 5.26 Å². The summed E-state index contributed by atoms with van der Waals surface area (Å²) in [7, 11) is 1.66. The normalized spacial score (nSPS) is 17.7. The molecule has 1 aromatic carbocycles. The molecule has 0 bridgehead atoms. The predicted octanol–water partition coefficient (Wildman–Crippen LogP) is 2.95. The van der Waals surface area contributed by atoms with Gasteiger partial charge in [-0.2, -0.15) is 5.26 Å². The van der Waals surface area contributed by atoms with E-state index < -0.39 is 0 Å². The molecule has 0 aliphatic heterocycles. The zero-order valence-electron chi connectivity index (χ0n) is 9.21. The van der Waals surface area contributed by atoms with E-state index in [0.29, 0.717) is 0 Å². The first-order valence-corrected chi connectivity index (χ1v) is 5.28. The first-order valence-electron chi connectivity index (χ1n) is 5.28. The van der Waals surface area contributed by atoms with Crippen LogP contribution in [0.5, 0.6) is 5.75 Å². The van der Waals surface area contributed by atoms with Gasteiger partial charge in [0.2, 0.25) is 0 Å². The van der Waals surface area contributed by atoms with Gasteiger partial charge in [0.1, 0.15) is 5.75 Å². The Bertz CT molecular complexity index is 413.